The molecule has 1 saturated heterocycles. The Hall–Kier alpha value is -0.610. The Labute approximate surface area is 72.2 Å². The van der Waals surface area contributed by atoms with Crippen LogP contribution in [0.4, 0.5) is 0 Å². The zero-order chi connectivity index (χ0) is 8.97. The molecule has 0 aromatic rings. The van der Waals surface area contributed by atoms with Gasteiger partial charge in [-0.15, -0.1) is 0 Å². The summed E-state index contributed by atoms with van der Waals surface area (Å²) in [5, 5.41) is 3.01. The van der Waals surface area contributed by atoms with E-state index < -0.39 is 0 Å². The van der Waals surface area contributed by atoms with E-state index in [0.717, 1.165) is 6.54 Å². The van der Waals surface area contributed by atoms with E-state index in [0.29, 0.717) is 13.0 Å². The molecule has 0 spiro atoms. The average Bonchev–Trinajstić information content (AvgIpc) is 2.33. The van der Waals surface area contributed by atoms with Gasteiger partial charge in [0.15, 0.2) is 0 Å². The second kappa shape index (κ2) is 4.42. The third kappa shape index (κ3) is 2.19. The second-order valence-corrected chi connectivity index (χ2v) is 2.84. The van der Waals surface area contributed by atoms with Crippen LogP contribution >= 0.6 is 0 Å². The van der Waals surface area contributed by atoms with Crippen LogP contribution in [0.1, 0.15) is 13.3 Å². The van der Waals surface area contributed by atoms with Gasteiger partial charge >= 0.3 is 5.97 Å². The summed E-state index contributed by atoms with van der Waals surface area (Å²) in [6.45, 7) is 3.23. The SMILES string of the molecule is CCOC1OC(=O)CC1CNC. The fourth-order valence-electron chi connectivity index (χ4n) is 1.35. The van der Waals surface area contributed by atoms with Gasteiger partial charge in [0.2, 0.25) is 6.29 Å². The number of cyclic esters (lactones) is 1. The molecule has 1 N–H and O–H groups in total. The highest BCUT2D eigenvalue weighted by Crippen LogP contribution is 2.22. The van der Waals surface area contributed by atoms with Crippen molar-refractivity contribution in [2.45, 2.75) is 19.6 Å². The third-order valence-corrected chi connectivity index (χ3v) is 1.86. The molecule has 0 radical (unpaired) electrons. The standard InChI is InChI=1S/C8H15NO3/c1-3-11-8-6(5-9-2)4-7(10)12-8/h6,8-9H,3-5H2,1-2H3. The molecule has 0 amide bonds. The van der Waals surface area contributed by atoms with E-state index in [4.69, 9.17) is 9.47 Å². The largest absolute Gasteiger partial charge is 0.435 e. The van der Waals surface area contributed by atoms with Crippen molar-refractivity contribution in [3.63, 3.8) is 0 Å². The van der Waals surface area contributed by atoms with E-state index in [9.17, 15) is 4.79 Å². The summed E-state index contributed by atoms with van der Waals surface area (Å²) >= 11 is 0. The van der Waals surface area contributed by atoms with Crippen LogP contribution in [0.2, 0.25) is 0 Å². The molecule has 1 aliphatic rings. The Bertz CT molecular complexity index is 144. The summed E-state index contributed by atoms with van der Waals surface area (Å²) in [6.07, 6.45) is 0.126. The molecule has 4 nitrogen and oxygen atoms in total. The maximum atomic E-state index is 10.9. The molecule has 12 heavy (non-hydrogen) atoms. The van der Waals surface area contributed by atoms with Gasteiger partial charge in [0.1, 0.15) is 0 Å². The smallest absolute Gasteiger partial charge is 0.308 e. The van der Waals surface area contributed by atoms with Crippen molar-refractivity contribution in [2.75, 3.05) is 20.2 Å². The van der Waals surface area contributed by atoms with Gasteiger partial charge in [-0.3, -0.25) is 4.79 Å². The van der Waals surface area contributed by atoms with Crippen LogP contribution in [0.3, 0.4) is 0 Å². The molecular formula is C8H15NO3. The molecule has 70 valence electrons. The van der Waals surface area contributed by atoms with Crippen LogP contribution in [-0.2, 0) is 14.3 Å². The van der Waals surface area contributed by atoms with Gasteiger partial charge in [-0.25, -0.2) is 0 Å². The molecule has 0 saturated carbocycles. The van der Waals surface area contributed by atoms with E-state index >= 15 is 0 Å². The topological polar surface area (TPSA) is 47.6 Å². The van der Waals surface area contributed by atoms with Crippen molar-refractivity contribution >= 4 is 5.97 Å². The normalized spacial score (nSPS) is 29.0. The first kappa shape index (κ1) is 9.48. The Kier molecular flexibility index (Phi) is 3.49. The van der Waals surface area contributed by atoms with E-state index in [1.54, 1.807) is 0 Å². The van der Waals surface area contributed by atoms with E-state index in [-0.39, 0.29) is 18.2 Å². The van der Waals surface area contributed by atoms with Crippen LogP contribution < -0.4 is 5.32 Å². The third-order valence-electron chi connectivity index (χ3n) is 1.86. The van der Waals surface area contributed by atoms with Gasteiger partial charge in [0, 0.05) is 19.1 Å². The molecule has 0 aromatic carbocycles. The van der Waals surface area contributed by atoms with Gasteiger partial charge in [-0.1, -0.05) is 0 Å². The van der Waals surface area contributed by atoms with Crippen molar-refractivity contribution in [3.05, 3.63) is 0 Å². The van der Waals surface area contributed by atoms with E-state index in [1.807, 2.05) is 14.0 Å². The number of nitrogens with one attached hydrogen (secondary N) is 1. The monoisotopic (exact) mass is 173 g/mol. The molecule has 1 rings (SSSR count). The minimum absolute atomic E-state index is 0.159. The van der Waals surface area contributed by atoms with Crippen molar-refractivity contribution < 1.29 is 14.3 Å². The Morgan fingerprint density at radius 2 is 2.50 bits per heavy atom. The minimum atomic E-state index is -0.338. The van der Waals surface area contributed by atoms with E-state index in [2.05, 4.69) is 5.32 Å². The Morgan fingerprint density at radius 3 is 3.08 bits per heavy atom. The molecule has 2 unspecified atom stereocenters. The lowest BCUT2D eigenvalue weighted by molar-refractivity contribution is -0.165. The summed E-state index contributed by atoms with van der Waals surface area (Å²) in [7, 11) is 1.85. The summed E-state index contributed by atoms with van der Waals surface area (Å²) in [6, 6.07) is 0. The molecule has 0 bridgehead atoms. The van der Waals surface area contributed by atoms with Crippen LogP contribution in [-0.4, -0.2) is 32.5 Å². The molecule has 0 aliphatic carbocycles. The molecule has 2 atom stereocenters. The van der Waals surface area contributed by atoms with Crippen LogP contribution in [0, 0.1) is 5.92 Å². The maximum absolute atomic E-state index is 10.9. The predicted molar refractivity (Wildman–Crippen MR) is 43.5 cm³/mol. The summed E-state index contributed by atoms with van der Waals surface area (Å²) < 4.78 is 10.2. The van der Waals surface area contributed by atoms with Gasteiger partial charge in [-0.05, 0) is 14.0 Å². The average molecular weight is 173 g/mol. The maximum Gasteiger partial charge on any atom is 0.308 e. The minimum Gasteiger partial charge on any atom is -0.435 e. The number of rotatable bonds is 4. The second-order valence-electron chi connectivity index (χ2n) is 2.84. The molecule has 1 fully saturated rings. The lowest BCUT2D eigenvalue weighted by Gasteiger charge is -2.16. The van der Waals surface area contributed by atoms with Gasteiger partial charge < -0.3 is 14.8 Å². The van der Waals surface area contributed by atoms with Crippen molar-refractivity contribution in [3.8, 4) is 0 Å². The number of carbonyl (C=O) groups is 1. The Balaban J connectivity index is 2.41. The first-order valence-electron chi connectivity index (χ1n) is 4.23. The number of hydrogen-bond acceptors (Lipinski definition) is 4. The van der Waals surface area contributed by atoms with E-state index in [1.165, 1.54) is 0 Å². The number of hydrogen-bond donors (Lipinski definition) is 1. The van der Waals surface area contributed by atoms with Gasteiger partial charge in [0.25, 0.3) is 0 Å². The summed E-state index contributed by atoms with van der Waals surface area (Å²) in [5.41, 5.74) is 0. The highest BCUT2D eigenvalue weighted by molar-refractivity contribution is 5.71. The van der Waals surface area contributed by atoms with Crippen LogP contribution in [0.15, 0.2) is 0 Å². The fourth-order valence-corrected chi connectivity index (χ4v) is 1.35. The first-order chi connectivity index (χ1) is 5.77. The van der Waals surface area contributed by atoms with Crippen molar-refractivity contribution in [2.24, 2.45) is 5.92 Å². The van der Waals surface area contributed by atoms with Gasteiger partial charge in [0.05, 0.1) is 6.42 Å². The zero-order valence-corrected chi connectivity index (χ0v) is 7.50. The first-order valence-corrected chi connectivity index (χ1v) is 4.23. The number of carbonyl (C=O) groups excluding carboxylic acids is 1. The molecular weight excluding hydrogens is 158 g/mol. The molecule has 0 aromatic heterocycles. The highest BCUT2D eigenvalue weighted by atomic mass is 16.7. The summed E-state index contributed by atoms with van der Waals surface area (Å²) in [5.74, 6) is 0.0103. The van der Waals surface area contributed by atoms with Crippen LogP contribution in [0.25, 0.3) is 0 Å². The number of ether oxygens (including phenoxy) is 2. The lowest BCUT2D eigenvalue weighted by atomic mass is 10.1. The lowest BCUT2D eigenvalue weighted by Crippen LogP contribution is -2.28. The zero-order valence-electron chi connectivity index (χ0n) is 7.50. The fraction of sp³-hybridized carbons (Fsp3) is 0.875. The molecule has 1 heterocycles. The molecule has 4 heteroatoms. The van der Waals surface area contributed by atoms with Crippen molar-refractivity contribution in [1.82, 2.24) is 5.32 Å². The van der Waals surface area contributed by atoms with Gasteiger partial charge in [-0.2, -0.15) is 0 Å². The van der Waals surface area contributed by atoms with Crippen molar-refractivity contribution in [1.29, 1.82) is 0 Å². The highest BCUT2D eigenvalue weighted by Gasteiger charge is 2.34. The quantitative estimate of drug-likeness (QED) is 0.614. The predicted octanol–water partition coefficient (Wildman–Crippen LogP) is 0.132. The number of esters is 1. The molecule has 1 aliphatic heterocycles. The summed E-state index contributed by atoms with van der Waals surface area (Å²) in [4.78, 5) is 10.9. The Morgan fingerprint density at radius 1 is 1.75 bits per heavy atom. The van der Waals surface area contributed by atoms with Crippen LogP contribution in [0.5, 0.6) is 0 Å².